The second kappa shape index (κ2) is 8.97. The molecule has 3 rings (SSSR count). The number of hydrogen-bond donors (Lipinski definition) is 2. The molecule has 2 N–H and O–H groups in total. The molecule has 0 atom stereocenters. The average molecular weight is 393 g/mol. The number of nitrogens with one attached hydrogen (secondary N) is 1. The predicted molar refractivity (Wildman–Crippen MR) is 104 cm³/mol. The molecule has 1 saturated heterocycles. The average Bonchev–Trinajstić information content (AvgIpc) is 2.65. The fraction of sp³-hybridized carbons (Fsp3) is 0.300. The number of halogens is 2. The number of benzene rings is 2. The number of hydrogen-bond acceptors (Lipinski definition) is 3. The van der Waals surface area contributed by atoms with Gasteiger partial charge in [0.25, 0.3) is 0 Å². The summed E-state index contributed by atoms with van der Waals surface area (Å²) in [7, 11) is 0. The van der Waals surface area contributed by atoms with Gasteiger partial charge in [-0.2, -0.15) is 0 Å². The van der Waals surface area contributed by atoms with E-state index >= 15 is 0 Å². The van der Waals surface area contributed by atoms with Crippen molar-refractivity contribution >= 4 is 35.7 Å². The maximum atomic E-state index is 14.4. The van der Waals surface area contributed by atoms with Crippen molar-refractivity contribution in [2.45, 2.75) is 19.3 Å². The molecule has 0 aliphatic carbocycles. The van der Waals surface area contributed by atoms with E-state index in [2.05, 4.69) is 5.32 Å². The fourth-order valence-electron chi connectivity index (χ4n) is 3.37. The molecule has 1 aliphatic rings. The van der Waals surface area contributed by atoms with E-state index in [1.54, 1.807) is 42.5 Å². The summed E-state index contributed by atoms with van der Waals surface area (Å²) in [4.78, 5) is 26.3. The number of anilines is 2. The van der Waals surface area contributed by atoms with Gasteiger partial charge >= 0.3 is 5.97 Å². The minimum absolute atomic E-state index is 0. The Hall–Kier alpha value is -2.44. The van der Waals surface area contributed by atoms with Gasteiger partial charge in [-0.05, 0) is 50.2 Å². The van der Waals surface area contributed by atoms with E-state index in [0.29, 0.717) is 31.6 Å². The molecule has 27 heavy (non-hydrogen) atoms. The van der Waals surface area contributed by atoms with Crippen molar-refractivity contribution in [2.24, 2.45) is 5.41 Å². The van der Waals surface area contributed by atoms with Crippen molar-refractivity contribution in [3.8, 4) is 0 Å². The van der Waals surface area contributed by atoms with Crippen LogP contribution in [-0.4, -0.2) is 30.1 Å². The number of amides is 1. The van der Waals surface area contributed by atoms with Crippen molar-refractivity contribution in [1.82, 2.24) is 5.32 Å². The van der Waals surface area contributed by atoms with E-state index in [1.807, 2.05) is 0 Å². The molecule has 1 heterocycles. The molecule has 0 aromatic heterocycles. The number of para-hydroxylation sites is 2. The smallest absolute Gasteiger partial charge is 0.310 e. The Morgan fingerprint density at radius 1 is 1.04 bits per heavy atom. The highest BCUT2D eigenvalue weighted by Gasteiger charge is 2.43. The second-order valence-electron chi connectivity index (χ2n) is 6.53. The van der Waals surface area contributed by atoms with Crippen LogP contribution in [-0.2, 0) is 9.59 Å². The summed E-state index contributed by atoms with van der Waals surface area (Å²) in [5.41, 5.74) is -0.490. The third-order valence-corrected chi connectivity index (χ3v) is 4.86. The number of carboxylic acid groups (broad SMARTS) is 1. The molecular formula is C20H22ClFN2O3. The van der Waals surface area contributed by atoms with Crippen molar-refractivity contribution in [2.75, 3.05) is 18.0 Å². The zero-order chi connectivity index (χ0) is 18.6. The number of carbonyl (C=O) groups excluding carboxylic acids is 1. The Kier molecular flexibility index (Phi) is 6.93. The van der Waals surface area contributed by atoms with Gasteiger partial charge in [0, 0.05) is 12.1 Å². The Labute approximate surface area is 163 Å². The summed E-state index contributed by atoms with van der Waals surface area (Å²) < 4.78 is 14.4. The molecule has 1 fully saturated rings. The Bertz CT molecular complexity index is 795. The molecule has 7 heteroatoms. The fourth-order valence-corrected chi connectivity index (χ4v) is 3.37. The Morgan fingerprint density at radius 3 is 2.22 bits per heavy atom. The summed E-state index contributed by atoms with van der Waals surface area (Å²) in [5, 5.41) is 12.9. The second-order valence-corrected chi connectivity index (χ2v) is 6.53. The number of rotatable bonds is 5. The lowest BCUT2D eigenvalue weighted by molar-refractivity contribution is -0.153. The number of aliphatic carboxylic acids is 1. The molecule has 1 amide bonds. The lowest BCUT2D eigenvalue weighted by Gasteiger charge is -2.35. The molecule has 2 aromatic carbocycles. The van der Waals surface area contributed by atoms with E-state index < -0.39 is 23.1 Å². The molecule has 0 saturated carbocycles. The van der Waals surface area contributed by atoms with Crippen LogP contribution in [0.25, 0.3) is 0 Å². The van der Waals surface area contributed by atoms with Crippen molar-refractivity contribution in [3.63, 3.8) is 0 Å². The van der Waals surface area contributed by atoms with Gasteiger partial charge in [0.2, 0.25) is 5.91 Å². The van der Waals surface area contributed by atoms with Crippen LogP contribution in [0, 0.1) is 11.2 Å². The van der Waals surface area contributed by atoms with Crippen LogP contribution in [0.3, 0.4) is 0 Å². The number of carboxylic acids is 1. The molecular weight excluding hydrogens is 371 g/mol. The maximum absolute atomic E-state index is 14.4. The lowest BCUT2D eigenvalue weighted by atomic mass is 9.75. The minimum Gasteiger partial charge on any atom is -0.481 e. The van der Waals surface area contributed by atoms with Gasteiger partial charge in [0.1, 0.15) is 5.82 Å². The highest BCUT2D eigenvalue weighted by atomic mass is 35.5. The first kappa shape index (κ1) is 20.9. The summed E-state index contributed by atoms with van der Waals surface area (Å²) in [6.07, 6.45) is 0.565. The van der Waals surface area contributed by atoms with Crippen LogP contribution in [0.15, 0.2) is 54.6 Å². The third-order valence-electron chi connectivity index (χ3n) is 4.86. The zero-order valence-electron chi connectivity index (χ0n) is 14.7. The van der Waals surface area contributed by atoms with Crippen LogP contribution >= 0.6 is 12.4 Å². The molecule has 1 aliphatic heterocycles. The van der Waals surface area contributed by atoms with Gasteiger partial charge in [0.05, 0.1) is 11.1 Å². The quantitative estimate of drug-likeness (QED) is 0.812. The molecule has 0 radical (unpaired) electrons. The summed E-state index contributed by atoms with van der Waals surface area (Å²) in [6.45, 7) is 1.09. The first-order chi connectivity index (χ1) is 12.5. The molecule has 144 valence electrons. The van der Waals surface area contributed by atoms with Crippen LogP contribution in [0.5, 0.6) is 0 Å². The lowest BCUT2D eigenvalue weighted by Crippen LogP contribution is -2.45. The Morgan fingerprint density at radius 2 is 1.63 bits per heavy atom. The zero-order valence-corrected chi connectivity index (χ0v) is 15.5. The number of piperidine rings is 1. The van der Waals surface area contributed by atoms with E-state index in [0.717, 1.165) is 0 Å². The van der Waals surface area contributed by atoms with Crippen LogP contribution in [0.4, 0.5) is 15.8 Å². The van der Waals surface area contributed by atoms with E-state index in [1.165, 1.54) is 17.0 Å². The monoisotopic (exact) mass is 392 g/mol. The largest absolute Gasteiger partial charge is 0.481 e. The van der Waals surface area contributed by atoms with Gasteiger partial charge < -0.3 is 10.4 Å². The Balaban J connectivity index is 0.00000261. The van der Waals surface area contributed by atoms with Crippen molar-refractivity contribution < 1.29 is 19.1 Å². The number of carbonyl (C=O) groups is 2. The van der Waals surface area contributed by atoms with Gasteiger partial charge in [-0.25, -0.2) is 4.39 Å². The van der Waals surface area contributed by atoms with Crippen LogP contribution < -0.4 is 10.2 Å². The van der Waals surface area contributed by atoms with Crippen molar-refractivity contribution in [1.29, 1.82) is 0 Å². The standard InChI is InChI=1S/C20H21FN2O3.ClH/c21-16-8-4-5-9-17(16)23(15-6-2-1-3-7-15)18(24)14-20(19(25)26)10-12-22-13-11-20;/h1-9,22H,10-14H2,(H,25,26);1H. The first-order valence-corrected chi connectivity index (χ1v) is 8.60. The highest BCUT2D eigenvalue weighted by molar-refractivity contribution is 6.02. The van der Waals surface area contributed by atoms with Gasteiger partial charge in [-0.3, -0.25) is 14.5 Å². The van der Waals surface area contributed by atoms with E-state index in [-0.39, 0.29) is 24.5 Å². The van der Waals surface area contributed by atoms with E-state index in [9.17, 15) is 19.1 Å². The summed E-state index contributed by atoms with van der Waals surface area (Å²) in [6, 6.07) is 14.8. The normalized spacial score (nSPS) is 15.4. The first-order valence-electron chi connectivity index (χ1n) is 8.60. The minimum atomic E-state index is -1.12. The van der Waals surface area contributed by atoms with Gasteiger partial charge in [-0.15, -0.1) is 12.4 Å². The molecule has 0 bridgehead atoms. The maximum Gasteiger partial charge on any atom is 0.310 e. The molecule has 5 nitrogen and oxygen atoms in total. The van der Waals surface area contributed by atoms with E-state index in [4.69, 9.17) is 0 Å². The number of nitrogens with zero attached hydrogens (tertiary/aromatic N) is 1. The highest BCUT2D eigenvalue weighted by Crippen LogP contribution is 2.37. The summed E-state index contributed by atoms with van der Waals surface area (Å²) >= 11 is 0. The molecule has 2 aromatic rings. The molecule has 0 unspecified atom stereocenters. The SMILES string of the molecule is Cl.O=C(CC1(C(=O)O)CCNCC1)N(c1ccccc1)c1ccccc1F. The third kappa shape index (κ3) is 4.46. The van der Waals surface area contributed by atoms with Gasteiger partial charge in [-0.1, -0.05) is 30.3 Å². The van der Waals surface area contributed by atoms with Crippen molar-refractivity contribution in [3.05, 3.63) is 60.4 Å². The summed E-state index contributed by atoms with van der Waals surface area (Å²) in [5.74, 6) is -1.93. The topological polar surface area (TPSA) is 69.6 Å². The molecule has 0 spiro atoms. The van der Waals surface area contributed by atoms with Gasteiger partial charge in [0.15, 0.2) is 0 Å². The van der Waals surface area contributed by atoms with Crippen LogP contribution in [0.1, 0.15) is 19.3 Å². The predicted octanol–water partition coefficient (Wildman–Crippen LogP) is 3.76. The van der Waals surface area contributed by atoms with Crippen LogP contribution in [0.2, 0.25) is 0 Å².